The highest BCUT2D eigenvalue weighted by Gasteiger charge is 2.04. The highest BCUT2D eigenvalue weighted by molar-refractivity contribution is 5.77. The second-order valence-corrected chi connectivity index (χ2v) is 2.74. The SMILES string of the molecule is O=C1CCNN1.Oc1ccc(O)cc1. The summed E-state index contributed by atoms with van der Waals surface area (Å²) in [6.07, 6.45) is 0.625. The van der Waals surface area contributed by atoms with Gasteiger partial charge < -0.3 is 10.2 Å². The van der Waals surface area contributed by atoms with E-state index in [0.29, 0.717) is 6.42 Å². The van der Waals surface area contributed by atoms with Gasteiger partial charge in [-0.1, -0.05) is 0 Å². The van der Waals surface area contributed by atoms with Crippen LogP contribution in [0.4, 0.5) is 0 Å². The zero-order valence-electron chi connectivity index (χ0n) is 7.53. The predicted octanol–water partition coefficient (Wildman–Crippen LogP) is 0.109. The van der Waals surface area contributed by atoms with Gasteiger partial charge in [-0.25, -0.2) is 5.43 Å². The molecule has 1 fully saturated rings. The molecule has 1 aliphatic rings. The topological polar surface area (TPSA) is 81.6 Å². The normalized spacial score (nSPS) is 14.1. The third kappa shape index (κ3) is 3.77. The summed E-state index contributed by atoms with van der Waals surface area (Å²) in [5, 5.41) is 17.3. The Bertz CT molecular complexity index is 268. The second kappa shape index (κ2) is 5.08. The van der Waals surface area contributed by atoms with Crippen LogP contribution in [0, 0.1) is 0 Å². The van der Waals surface area contributed by atoms with Crippen LogP contribution in [0.15, 0.2) is 24.3 Å². The number of hydrogen-bond acceptors (Lipinski definition) is 4. The van der Waals surface area contributed by atoms with E-state index in [9.17, 15) is 4.79 Å². The van der Waals surface area contributed by atoms with Crippen molar-refractivity contribution in [2.24, 2.45) is 0 Å². The summed E-state index contributed by atoms with van der Waals surface area (Å²) in [6, 6.07) is 5.70. The molecule has 1 heterocycles. The van der Waals surface area contributed by atoms with Crippen LogP contribution in [0.3, 0.4) is 0 Å². The van der Waals surface area contributed by atoms with Gasteiger partial charge in [-0.2, -0.15) is 0 Å². The monoisotopic (exact) mass is 196 g/mol. The molecule has 2 rings (SSSR count). The Morgan fingerprint density at radius 3 is 1.79 bits per heavy atom. The molecule has 4 N–H and O–H groups in total. The van der Waals surface area contributed by atoms with E-state index >= 15 is 0 Å². The minimum atomic E-state index is 0.0926. The van der Waals surface area contributed by atoms with E-state index < -0.39 is 0 Å². The molecule has 0 bridgehead atoms. The predicted molar refractivity (Wildman–Crippen MR) is 50.5 cm³/mol. The van der Waals surface area contributed by atoms with Crippen LogP contribution in [-0.2, 0) is 4.79 Å². The fourth-order valence-corrected chi connectivity index (χ4v) is 0.852. The summed E-state index contributed by atoms with van der Waals surface area (Å²) in [7, 11) is 0. The largest absolute Gasteiger partial charge is 0.508 e. The zero-order chi connectivity index (χ0) is 10.4. The lowest BCUT2D eigenvalue weighted by Gasteiger charge is -1.88. The first kappa shape index (κ1) is 10.3. The smallest absolute Gasteiger partial charge is 0.235 e. The minimum absolute atomic E-state index is 0.0926. The first-order valence-electron chi connectivity index (χ1n) is 4.18. The van der Waals surface area contributed by atoms with Gasteiger partial charge in [-0.05, 0) is 24.3 Å². The van der Waals surface area contributed by atoms with Crippen molar-refractivity contribution in [2.45, 2.75) is 6.42 Å². The number of benzene rings is 1. The van der Waals surface area contributed by atoms with Crippen molar-refractivity contribution in [1.29, 1.82) is 0 Å². The molecule has 0 aromatic heterocycles. The van der Waals surface area contributed by atoms with Gasteiger partial charge in [0, 0.05) is 13.0 Å². The number of amides is 1. The minimum Gasteiger partial charge on any atom is -0.508 e. The van der Waals surface area contributed by atoms with E-state index in [0.717, 1.165) is 6.54 Å². The van der Waals surface area contributed by atoms with Crippen molar-refractivity contribution in [3.63, 3.8) is 0 Å². The number of carbonyl (C=O) groups excluding carboxylic acids is 1. The van der Waals surface area contributed by atoms with Crippen molar-refractivity contribution in [3.8, 4) is 11.5 Å². The quantitative estimate of drug-likeness (QED) is 0.444. The van der Waals surface area contributed by atoms with Gasteiger partial charge in [0.25, 0.3) is 0 Å². The van der Waals surface area contributed by atoms with Gasteiger partial charge in [0.05, 0.1) is 0 Å². The lowest BCUT2D eigenvalue weighted by Crippen LogP contribution is -2.25. The molecule has 0 radical (unpaired) electrons. The molecule has 1 saturated heterocycles. The number of carbonyl (C=O) groups is 1. The van der Waals surface area contributed by atoms with E-state index in [-0.39, 0.29) is 17.4 Å². The summed E-state index contributed by atoms with van der Waals surface area (Å²) < 4.78 is 0. The molecule has 0 aliphatic carbocycles. The molecule has 1 amide bonds. The molecule has 1 aromatic carbocycles. The third-order valence-electron chi connectivity index (χ3n) is 1.55. The molecule has 0 spiro atoms. The number of aromatic hydroxyl groups is 2. The molecule has 1 aliphatic heterocycles. The average Bonchev–Trinajstić information content (AvgIpc) is 2.63. The first-order chi connectivity index (χ1) is 6.68. The summed E-state index contributed by atoms with van der Waals surface area (Å²) in [5.41, 5.74) is 5.10. The van der Waals surface area contributed by atoms with Crippen LogP contribution < -0.4 is 10.9 Å². The summed E-state index contributed by atoms with van der Waals surface area (Å²) in [4.78, 5) is 10.1. The summed E-state index contributed by atoms with van der Waals surface area (Å²) in [5.74, 6) is 0.431. The van der Waals surface area contributed by atoms with E-state index in [2.05, 4.69) is 10.9 Å². The van der Waals surface area contributed by atoms with Gasteiger partial charge in [-0.3, -0.25) is 10.2 Å². The highest BCUT2D eigenvalue weighted by atomic mass is 16.3. The first-order valence-corrected chi connectivity index (χ1v) is 4.18. The summed E-state index contributed by atoms with van der Waals surface area (Å²) in [6.45, 7) is 0.777. The van der Waals surface area contributed by atoms with Crippen molar-refractivity contribution >= 4 is 5.91 Å². The van der Waals surface area contributed by atoms with Gasteiger partial charge in [-0.15, -0.1) is 0 Å². The van der Waals surface area contributed by atoms with Crippen molar-refractivity contribution in [1.82, 2.24) is 10.9 Å². The third-order valence-corrected chi connectivity index (χ3v) is 1.55. The van der Waals surface area contributed by atoms with Crippen molar-refractivity contribution in [2.75, 3.05) is 6.54 Å². The Hall–Kier alpha value is -1.75. The maximum Gasteiger partial charge on any atom is 0.235 e. The Morgan fingerprint density at radius 1 is 1.07 bits per heavy atom. The molecular weight excluding hydrogens is 184 g/mol. The number of phenols is 2. The Labute approximate surface area is 81.3 Å². The molecule has 14 heavy (non-hydrogen) atoms. The molecule has 0 saturated carbocycles. The van der Waals surface area contributed by atoms with E-state index in [1.54, 1.807) is 0 Å². The lowest BCUT2D eigenvalue weighted by molar-refractivity contribution is -0.119. The lowest BCUT2D eigenvalue weighted by atomic mass is 10.3. The fourth-order valence-electron chi connectivity index (χ4n) is 0.852. The number of hydrazine groups is 1. The number of rotatable bonds is 0. The van der Waals surface area contributed by atoms with Crippen LogP contribution in [0.2, 0.25) is 0 Å². The Kier molecular flexibility index (Phi) is 3.75. The van der Waals surface area contributed by atoms with E-state index in [1.165, 1.54) is 24.3 Å². The molecule has 5 nitrogen and oxygen atoms in total. The Morgan fingerprint density at radius 2 is 1.57 bits per heavy atom. The van der Waals surface area contributed by atoms with E-state index in [4.69, 9.17) is 10.2 Å². The Balaban J connectivity index is 0.000000146. The van der Waals surface area contributed by atoms with Crippen molar-refractivity contribution in [3.05, 3.63) is 24.3 Å². The standard InChI is InChI=1S/C6H6O2.C3H6N2O/c7-5-1-2-6(8)4-3-5;6-3-1-2-4-5-3/h1-4,7-8H;4H,1-2H2,(H,5,6). The number of nitrogens with one attached hydrogen (secondary N) is 2. The maximum atomic E-state index is 10.1. The van der Waals surface area contributed by atoms with Crippen LogP contribution in [0.1, 0.15) is 6.42 Å². The molecule has 76 valence electrons. The molecule has 1 aromatic rings. The average molecular weight is 196 g/mol. The molecular formula is C9H12N2O3. The van der Waals surface area contributed by atoms with E-state index in [1.807, 2.05) is 0 Å². The number of hydrogen-bond donors (Lipinski definition) is 4. The molecule has 0 atom stereocenters. The summed E-state index contributed by atoms with van der Waals surface area (Å²) >= 11 is 0. The van der Waals surface area contributed by atoms with Gasteiger partial charge >= 0.3 is 0 Å². The van der Waals surface area contributed by atoms with Crippen molar-refractivity contribution < 1.29 is 15.0 Å². The maximum absolute atomic E-state index is 10.1. The van der Waals surface area contributed by atoms with Gasteiger partial charge in [0.2, 0.25) is 5.91 Å². The van der Waals surface area contributed by atoms with Crippen LogP contribution in [-0.4, -0.2) is 22.7 Å². The second-order valence-electron chi connectivity index (χ2n) is 2.74. The molecule has 5 heteroatoms. The van der Waals surface area contributed by atoms with Crippen LogP contribution >= 0.6 is 0 Å². The fraction of sp³-hybridized carbons (Fsp3) is 0.222. The number of phenolic OH excluding ortho intramolecular Hbond substituents is 2. The molecule has 0 unspecified atom stereocenters. The van der Waals surface area contributed by atoms with Crippen LogP contribution in [0.5, 0.6) is 11.5 Å². The van der Waals surface area contributed by atoms with Crippen LogP contribution in [0.25, 0.3) is 0 Å². The van der Waals surface area contributed by atoms with Gasteiger partial charge in [0.1, 0.15) is 11.5 Å². The highest BCUT2D eigenvalue weighted by Crippen LogP contribution is 2.13. The zero-order valence-corrected chi connectivity index (χ0v) is 7.53. The van der Waals surface area contributed by atoms with Gasteiger partial charge in [0.15, 0.2) is 0 Å².